The molecule has 0 saturated carbocycles. The van der Waals surface area contributed by atoms with Gasteiger partial charge in [-0.15, -0.1) is 0 Å². The van der Waals surface area contributed by atoms with Crippen molar-refractivity contribution in [2.75, 3.05) is 13.2 Å². The molecule has 7 heavy (non-hydrogen) atoms. The number of rotatable bonds is 0. The zero-order valence-electron chi connectivity index (χ0n) is 3.73. The summed E-state index contributed by atoms with van der Waals surface area (Å²) in [6.07, 6.45) is -0.296. The van der Waals surface area contributed by atoms with Gasteiger partial charge in [0.1, 0.15) is 6.61 Å². The van der Waals surface area contributed by atoms with Crippen molar-refractivity contribution in [2.45, 2.75) is 0 Å². The first-order chi connectivity index (χ1) is 2.89. The summed E-state index contributed by atoms with van der Waals surface area (Å²) in [4.78, 5) is 9.91. The van der Waals surface area contributed by atoms with Crippen molar-refractivity contribution in [2.24, 2.45) is 0 Å². The third-order valence-electron chi connectivity index (χ3n) is 0.605. The third kappa shape index (κ3) is 2.10. The average Bonchev–Trinajstić information content (AvgIpc) is 1.86. The van der Waals surface area contributed by atoms with Crippen LogP contribution in [0.3, 0.4) is 0 Å². The van der Waals surface area contributed by atoms with Crippen molar-refractivity contribution < 1.29 is 9.53 Å². The van der Waals surface area contributed by atoms with Gasteiger partial charge < -0.3 is 10.1 Å². The van der Waals surface area contributed by atoms with Gasteiger partial charge in [-0.25, -0.2) is 4.79 Å². The van der Waals surface area contributed by atoms with Crippen molar-refractivity contribution in [3.8, 4) is 0 Å². The van der Waals surface area contributed by atoms with Crippen LogP contribution in [0, 0.1) is 0 Å². The number of alkyl carbamates (subject to hydrolysis) is 1. The fourth-order valence-electron chi connectivity index (χ4n) is 0.348. The first-order valence-electron chi connectivity index (χ1n) is 1.80. The zero-order valence-corrected chi connectivity index (χ0v) is 7.62. The summed E-state index contributed by atoms with van der Waals surface area (Å²) < 4.78 is 4.40. The number of nitrogens with one attached hydrogen (secondary N) is 1. The first-order valence-corrected chi connectivity index (χ1v) is 1.80. The normalized spacial score (nSPS) is 16.9. The minimum Gasteiger partial charge on any atom is -0.448 e. The van der Waals surface area contributed by atoms with Gasteiger partial charge >= 0.3 is 6.09 Å². The quantitative estimate of drug-likeness (QED) is 0.603. The van der Waals surface area contributed by atoms with Crippen LogP contribution in [-0.4, -0.2) is 46.5 Å². The topological polar surface area (TPSA) is 38.3 Å². The van der Waals surface area contributed by atoms with Crippen LogP contribution in [0.25, 0.3) is 0 Å². The summed E-state index contributed by atoms with van der Waals surface area (Å²) in [5.41, 5.74) is 0. The Morgan fingerprint density at radius 1 is 1.71 bits per heavy atom. The second-order valence-electron chi connectivity index (χ2n) is 1.06. The van der Waals surface area contributed by atoms with Crippen LogP contribution < -0.4 is 5.32 Å². The molecule has 3 nitrogen and oxygen atoms in total. The van der Waals surface area contributed by atoms with E-state index >= 15 is 0 Å². The van der Waals surface area contributed by atoms with Gasteiger partial charge in [0.25, 0.3) is 0 Å². The van der Waals surface area contributed by atoms with Crippen LogP contribution in [0.5, 0.6) is 0 Å². The van der Waals surface area contributed by atoms with Crippen molar-refractivity contribution in [3.63, 3.8) is 0 Å². The second-order valence-corrected chi connectivity index (χ2v) is 1.06. The predicted molar refractivity (Wildman–Crippen MR) is 25.1 cm³/mol. The van der Waals surface area contributed by atoms with Crippen molar-refractivity contribution in [3.05, 3.63) is 0 Å². The van der Waals surface area contributed by atoms with Crippen LogP contribution in [-0.2, 0) is 4.74 Å². The molecular weight excluding hydrogens is 289 g/mol. The average molecular weight is 294 g/mol. The maximum atomic E-state index is 9.91. The fourth-order valence-corrected chi connectivity index (χ4v) is 0.348. The molecule has 0 aromatic rings. The van der Waals surface area contributed by atoms with Gasteiger partial charge in [-0.1, -0.05) is 0 Å². The van der Waals surface area contributed by atoms with Crippen molar-refractivity contribution >= 4 is 33.4 Å². The van der Waals surface area contributed by atoms with E-state index in [1.807, 2.05) is 0 Å². The second kappa shape index (κ2) is 3.23. The molecule has 0 aromatic carbocycles. The molecule has 0 spiro atoms. The molecule has 1 aliphatic rings. The Bertz CT molecular complexity index is 67.3. The molecule has 4 radical (unpaired) electrons. The van der Waals surface area contributed by atoms with Gasteiger partial charge in [-0.05, 0) is 0 Å². The molecule has 1 amide bonds. The summed E-state index contributed by atoms with van der Waals surface area (Å²) >= 11 is 0. The molecule has 1 fully saturated rings. The maximum absolute atomic E-state index is 9.91. The Hall–Kier alpha value is 0.192. The number of cyclic esters (lactones) is 1. The standard InChI is InChI=1S/C3H5NO2.Pb/c5-3-4-1-2-6-3;/h1-2H2,(H,4,5);. The van der Waals surface area contributed by atoms with Gasteiger partial charge in [0.2, 0.25) is 0 Å². The molecule has 1 aliphatic heterocycles. The van der Waals surface area contributed by atoms with Crippen LogP contribution in [0.2, 0.25) is 0 Å². The Morgan fingerprint density at radius 2 is 2.43 bits per heavy atom. The molecular formula is C3H5NO2Pb. The van der Waals surface area contributed by atoms with E-state index in [-0.39, 0.29) is 33.4 Å². The summed E-state index contributed by atoms with van der Waals surface area (Å²) in [5.74, 6) is 0. The van der Waals surface area contributed by atoms with Gasteiger partial charge in [0.05, 0.1) is 6.54 Å². The monoisotopic (exact) mass is 295 g/mol. The van der Waals surface area contributed by atoms with E-state index in [4.69, 9.17) is 0 Å². The van der Waals surface area contributed by atoms with E-state index in [1.165, 1.54) is 0 Å². The Balaban J connectivity index is 0.000000360. The molecule has 0 atom stereocenters. The Labute approximate surface area is 61.6 Å². The van der Waals surface area contributed by atoms with E-state index < -0.39 is 0 Å². The summed E-state index contributed by atoms with van der Waals surface area (Å²) in [7, 11) is 0. The minimum absolute atomic E-state index is 0. The van der Waals surface area contributed by atoms with E-state index in [0.29, 0.717) is 13.2 Å². The molecule has 0 bridgehead atoms. The van der Waals surface area contributed by atoms with Crippen molar-refractivity contribution in [1.82, 2.24) is 5.32 Å². The summed E-state index contributed by atoms with van der Waals surface area (Å²) in [6, 6.07) is 0. The molecule has 4 heteroatoms. The molecule has 38 valence electrons. The van der Waals surface area contributed by atoms with E-state index in [9.17, 15) is 4.79 Å². The Morgan fingerprint density at radius 3 is 2.57 bits per heavy atom. The molecule has 1 heterocycles. The molecule has 0 aromatic heterocycles. The van der Waals surface area contributed by atoms with E-state index in [0.717, 1.165) is 0 Å². The smallest absolute Gasteiger partial charge is 0.407 e. The zero-order chi connectivity index (χ0) is 4.41. The number of hydrogen-bond acceptors (Lipinski definition) is 2. The molecule has 1 N–H and O–H groups in total. The number of carbonyl (C=O) groups excluding carboxylic acids is 1. The summed E-state index contributed by atoms with van der Waals surface area (Å²) in [6.45, 7) is 1.19. The number of hydrogen-bond donors (Lipinski definition) is 1. The molecule has 1 rings (SSSR count). The molecule has 1 saturated heterocycles. The van der Waals surface area contributed by atoms with E-state index in [1.54, 1.807) is 0 Å². The van der Waals surface area contributed by atoms with Gasteiger partial charge in [0.15, 0.2) is 0 Å². The van der Waals surface area contributed by atoms with Crippen molar-refractivity contribution in [1.29, 1.82) is 0 Å². The van der Waals surface area contributed by atoms with Crippen LogP contribution >= 0.6 is 0 Å². The SMILES string of the molecule is O=C1NCCO1.[Pb]. The van der Waals surface area contributed by atoms with Gasteiger partial charge in [-0.3, -0.25) is 0 Å². The van der Waals surface area contributed by atoms with Crippen LogP contribution in [0.4, 0.5) is 4.79 Å². The number of carbonyl (C=O) groups is 1. The van der Waals surface area contributed by atoms with Crippen LogP contribution in [0.1, 0.15) is 0 Å². The first kappa shape index (κ1) is 7.19. The van der Waals surface area contributed by atoms with Crippen LogP contribution in [0.15, 0.2) is 0 Å². The van der Waals surface area contributed by atoms with Gasteiger partial charge in [0, 0.05) is 27.3 Å². The number of amides is 1. The number of ether oxygens (including phenoxy) is 1. The third-order valence-corrected chi connectivity index (χ3v) is 0.605. The maximum Gasteiger partial charge on any atom is 0.407 e. The van der Waals surface area contributed by atoms with E-state index in [2.05, 4.69) is 10.1 Å². The van der Waals surface area contributed by atoms with Gasteiger partial charge in [-0.2, -0.15) is 0 Å². The Kier molecular flexibility index (Phi) is 3.32. The largest absolute Gasteiger partial charge is 0.448 e. The minimum atomic E-state index is -0.296. The summed E-state index contributed by atoms with van der Waals surface area (Å²) in [5, 5.41) is 2.46. The fraction of sp³-hybridized carbons (Fsp3) is 0.667. The predicted octanol–water partition coefficient (Wildman–Crippen LogP) is -0.655. The molecule has 0 aliphatic carbocycles. The molecule has 0 unspecified atom stereocenters.